The number of furan rings is 1. The van der Waals surface area contributed by atoms with Gasteiger partial charge in [-0.05, 0) is 61.4 Å². The largest absolute Gasteiger partial charge is 0.457 e. The Balaban J connectivity index is 1.65. The molecule has 0 unspecified atom stereocenters. The highest BCUT2D eigenvalue weighted by Gasteiger charge is 2.19. The summed E-state index contributed by atoms with van der Waals surface area (Å²) >= 11 is 0. The molecule has 0 radical (unpaired) electrons. The van der Waals surface area contributed by atoms with Crippen LogP contribution in [0.1, 0.15) is 34.8 Å². The van der Waals surface area contributed by atoms with Crippen LogP contribution < -0.4 is 5.32 Å². The van der Waals surface area contributed by atoms with E-state index in [0.717, 1.165) is 6.07 Å². The van der Waals surface area contributed by atoms with Gasteiger partial charge < -0.3 is 14.5 Å². The number of carbonyl (C=O) groups is 2. The van der Waals surface area contributed by atoms with Crippen molar-refractivity contribution in [2.75, 3.05) is 5.32 Å². The average Bonchev–Trinajstić information content (AvgIpc) is 3.19. The topological polar surface area (TPSA) is 68.5 Å². The molecule has 162 valence electrons. The third kappa shape index (κ3) is 4.37. The highest BCUT2D eigenvalue weighted by molar-refractivity contribution is 6.10. The normalized spacial score (nSPS) is 11.0. The zero-order valence-electron chi connectivity index (χ0n) is 17.3. The van der Waals surface area contributed by atoms with E-state index in [4.69, 9.17) is 9.15 Å². The van der Waals surface area contributed by atoms with E-state index in [9.17, 15) is 18.4 Å². The van der Waals surface area contributed by atoms with E-state index in [0.29, 0.717) is 27.8 Å². The predicted octanol–water partition coefficient (Wildman–Crippen LogP) is 6.20. The molecule has 0 bridgehead atoms. The fraction of sp³-hybridized carbons (Fsp3) is 0.120. The molecule has 0 saturated carbocycles. The fourth-order valence-corrected chi connectivity index (χ4v) is 3.28. The van der Waals surface area contributed by atoms with Gasteiger partial charge in [0.25, 0.3) is 5.91 Å². The van der Waals surface area contributed by atoms with Gasteiger partial charge in [-0.15, -0.1) is 0 Å². The highest BCUT2D eigenvalue weighted by atomic mass is 19.1. The molecule has 1 N–H and O–H groups in total. The minimum atomic E-state index is -0.719. The van der Waals surface area contributed by atoms with Crippen LogP contribution in [-0.4, -0.2) is 18.0 Å². The third-order valence-corrected chi connectivity index (χ3v) is 4.72. The summed E-state index contributed by atoms with van der Waals surface area (Å²) in [4.78, 5) is 25.0. The Labute approximate surface area is 182 Å². The zero-order chi connectivity index (χ0) is 22.8. The standard InChI is InChI=1S/C25H19F2NO4/c1-14(2)31-25(30)23-13-19-21(7-4-8-22(19)32-23)28-24(29)18-12-16(9-10-20(18)27)15-5-3-6-17(26)11-15/h3-14H,1-2H3,(H,28,29). The summed E-state index contributed by atoms with van der Waals surface area (Å²) in [5, 5.41) is 3.13. The maximum absolute atomic E-state index is 14.4. The van der Waals surface area contributed by atoms with Gasteiger partial charge in [-0.25, -0.2) is 13.6 Å². The van der Waals surface area contributed by atoms with Crippen molar-refractivity contribution in [1.29, 1.82) is 0 Å². The number of ether oxygens (including phenoxy) is 1. The number of rotatable bonds is 5. The first kappa shape index (κ1) is 21.2. The molecule has 0 aliphatic carbocycles. The Morgan fingerprint density at radius 2 is 1.69 bits per heavy atom. The molecule has 7 heteroatoms. The molecule has 32 heavy (non-hydrogen) atoms. The van der Waals surface area contributed by atoms with Crippen LogP contribution in [0.4, 0.5) is 14.5 Å². The number of hydrogen-bond donors (Lipinski definition) is 1. The van der Waals surface area contributed by atoms with Crippen molar-refractivity contribution in [2.45, 2.75) is 20.0 Å². The van der Waals surface area contributed by atoms with E-state index >= 15 is 0 Å². The maximum atomic E-state index is 14.4. The van der Waals surface area contributed by atoms with E-state index in [1.165, 1.54) is 36.4 Å². The minimum absolute atomic E-state index is 0.00492. The third-order valence-electron chi connectivity index (χ3n) is 4.72. The lowest BCUT2D eigenvalue weighted by molar-refractivity contribution is 0.0344. The molecular weight excluding hydrogens is 416 g/mol. The van der Waals surface area contributed by atoms with E-state index in [1.807, 2.05) is 0 Å². The SMILES string of the molecule is CC(C)OC(=O)c1cc2c(NC(=O)c3cc(-c4cccc(F)c4)ccc3F)cccc2o1. The summed E-state index contributed by atoms with van der Waals surface area (Å²) < 4.78 is 38.7. The molecule has 1 aromatic heterocycles. The first-order valence-electron chi connectivity index (χ1n) is 9.92. The van der Waals surface area contributed by atoms with Gasteiger partial charge in [-0.1, -0.05) is 24.3 Å². The van der Waals surface area contributed by atoms with Crippen LogP contribution in [0.2, 0.25) is 0 Å². The summed E-state index contributed by atoms with van der Waals surface area (Å²) in [5.74, 6) is -2.47. The van der Waals surface area contributed by atoms with Gasteiger partial charge in [-0.3, -0.25) is 4.79 Å². The number of hydrogen-bond acceptors (Lipinski definition) is 4. The van der Waals surface area contributed by atoms with Crippen molar-refractivity contribution in [3.8, 4) is 11.1 Å². The molecule has 0 aliphatic rings. The lowest BCUT2D eigenvalue weighted by Crippen LogP contribution is -2.14. The van der Waals surface area contributed by atoms with Crippen molar-refractivity contribution < 1.29 is 27.5 Å². The van der Waals surface area contributed by atoms with Crippen LogP contribution in [0.3, 0.4) is 0 Å². The molecule has 3 aromatic carbocycles. The van der Waals surface area contributed by atoms with Crippen molar-refractivity contribution in [3.63, 3.8) is 0 Å². The van der Waals surface area contributed by atoms with Crippen molar-refractivity contribution in [1.82, 2.24) is 0 Å². The zero-order valence-corrected chi connectivity index (χ0v) is 17.3. The molecule has 1 amide bonds. The van der Waals surface area contributed by atoms with Crippen LogP contribution in [-0.2, 0) is 4.74 Å². The quantitative estimate of drug-likeness (QED) is 0.379. The van der Waals surface area contributed by atoms with Gasteiger partial charge in [0.2, 0.25) is 5.76 Å². The molecule has 4 aromatic rings. The van der Waals surface area contributed by atoms with Gasteiger partial charge in [0.1, 0.15) is 17.2 Å². The predicted molar refractivity (Wildman–Crippen MR) is 117 cm³/mol. The molecule has 0 spiro atoms. The van der Waals surface area contributed by atoms with Crippen LogP contribution in [0.5, 0.6) is 0 Å². The second-order valence-electron chi connectivity index (χ2n) is 7.44. The summed E-state index contributed by atoms with van der Waals surface area (Å²) in [5.41, 5.74) is 1.52. The van der Waals surface area contributed by atoms with Crippen molar-refractivity contribution in [2.24, 2.45) is 0 Å². The number of esters is 1. The smallest absolute Gasteiger partial charge is 0.374 e. The molecule has 0 atom stereocenters. The Kier molecular flexibility index (Phi) is 5.73. The number of benzene rings is 3. The van der Waals surface area contributed by atoms with Crippen molar-refractivity contribution >= 4 is 28.5 Å². The van der Waals surface area contributed by atoms with E-state index < -0.39 is 23.5 Å². The lowest BCUT2D eigenvalue weighted by atomic mass is 10.0. The Hall–Kier alpha value is -4.00. The van der Waals surface area contributed by atoms with Gasteiger partial charge in [-0.2, -0.15) is 0 Å². The first-order chi connectivity index (χ1) is 15.3. The highest BCUT2D eigenvalue weighted by Crippen LogP contribution is 2.29. The number of fused-ring (bicyclic) bond motifs is 1. The van der Waals surface area contributed by atoms with E-state index in [-0.39, 0.29) is 17.4 Å². The number of carbonyl (C=O) groups excluding carboxylic acids is 2. The molecule has 4 rings (SSSR count). The van der Waals surface area contributed by atoms with Gasteiger partial charge in [0, 0.05) is 11.5 Å². The van der Waals surface area contributed by atoms with Crippen LogP contribution in [0.15, 0.2) is 71.1 Å². The Bertz CT molecular complexity index is 1330. The number of nitrogens with one attached hydrogen (secondary N) is 1. The van der Waals surface area contributed by atoms with E-state index in [1.54, 1.807) is 38.1 Å². The second-order valence-corrected chi connectivity index (χ2v) is 7.44. The molecule has 0 fully saturated rings. The monoisotopic (exact) mass is 435 g/mol. The van der Waals surface area contributed by atoms with Gasteiger partial charge >= 0.3 is 5.97 Å². The number of anilines is 1. The number of halogens is 2. The lowest BCUT2D eigenvalue weighted by Gasteiger charge is -2.09. The van der Waals surface area contributed by atoms with E-state index in [2.05, 4.69) is 5.32 Å². The summed E-state index contributed by atoms with van der Waals surface area (Å²) in [6.45, 7) is 3.44. The van der Waals surface area contributed by atoms with Crippen LogP contribution >= 0.6 is 0 Å². The molecule has 0 saturated heterocycles. The van der Waals surface area contributed by atoms with Crippen LogP contribution in [0.25, 0.3) is 22.1 Å². The molecule has 1 heterocycles. The van der Waals surface area contributed by atoms with Gasteiger partial charge in [0.05, 0.1) is 17.4 Å². The molecule has 5 nitrogen and oxygen atoms in total. The fourth-order valence-electron chi connectivity index (χ4n) is 3.28. The van der Waals surface area contributed by atoms with Gasteiger partial charge in [0.15, 0.2) is 0 Å². The minimum Gasteiger partial charge on any atom is -0.457 e. The molecular formula is C25H19F2NO4. The van der Waals surface area contributed by atoms with Crippen molar-refractivity contribution in [3.05, 3.63) is 89.7 Å². The second kappa shape index (κ2) is 8.63. The Morgan fingerprint density at radius 1 is 0.938 bits per heavy atom. The first-order valence-corrected chi connectivity index (χ1v) is 9.92. The maximum Gasteiger partial charge on any atom is 0.374 e. The Morgan fingerprint density at radius 3 is 2.44 bits per heavy atom. The average molecular weight is 435 g/mol. The summed E-state index contributed by atoms with van der Waals surface area (Å²) in [6, 6.07) is 16.2. The van der Waals surface area contributed by atoms with Crippen LogP contribution in [0, 0.1) is 11.6 Å². The molecule has 0 aliphatic heterocycles. The number of amides is 1. The summed E-state index contributed by atoms with van der Waals surface area (Å²) in [7, 11) is 0. The summed E-state index contributed by atoms with van der Waals surface area (Å²) in [6.07, 6.45) is -0.316.